The van der Waals surface area contributed by atoms with E-state index in [9.17, 15) is 4.79 Å². The van der Waals surface area contributed by atoms with Gasteiger partial charge in [-0.25, -0.2) is 4.79 Å². The fourth-order valence-corrected chi connectivity index (χ4v) is 1.68. The van der Waals surface area contributed by atoms with Crippen LogP contribution in [-0.4, -0.2) is 30.3 Å². The van der Waals surface area contributed by atoms with Crippen molar-refractivity contribution in [2.45, 2.75) is 31.5 Å². The fraction of sp³-hybridized carbons (Fsp3) is 0.545. The van der Waals surface area contributed by atoms with Crippen LogP contribution in [0.15, 0.2) is 16.5 Å². The predicted molar refractivity (Wildman–Crippen MR) is 55.9 cm³/mol. The first-order chi connectivity index (χ1) is 7.69. The number of nitrogens with one attached hydrogen (secondary N) is 1. The Morgan fingerprint density at radius 1 is 1.62 bits per heavy atom. The number of carbonyl (C=O) groups excluding carboxylic acids is 1. The molecule has 1 saturated carbocycles. The number of aliphatic hydroxyl groups is 1. The number of methoxy groups -OCH3 is 1. The zero-order valence-electron chi connectivity index (χ0n) is 9.10. The summed E-state index contributed by atoms with van der Waals surface area (Å²) in [6.45, 7) is 0.564. The minimum absolute atomic E-state index is 0.167. The highest BCUT2D eigenvalue weighted by atomic mass is 16.5. The molecule has 5 nitrogen and oxygen atoms in total. The van der Waals surface area contributed by atoms with Crippen molar-refractivity contribution in [3.05, 3.63) is 23.7 Å². The number of ether oxygens (including phenoxy) is 1. The summed E-state index contributed by atoms with van der Waals surface area (Å²) in [5.41, 5.74) is 0. The summed E-state index contributed by atoms with van der Waals surface area (Å²) in [5.74, 6) is 0.444. The van der Waals surface area contributed by atoms with E-state index in [0.29, 0.717) is 18.3 Å². The molecule has 5 heteroatoms. The van der Waals surface area contributed by atoms with Crippen molar-refractivity contribution < 1.29 is 19.1 Å². The average molecular weight is 225 g/mol. The van der Waals surface area contributed by atoms with Gasteiger partial charge >= 0.3 is 5.97 Å². The van der Waals surface area contributed by atoms with Gasteiger partial charge in [-0.05, 0) is 25.0 Å². The van der Waals surface area contributed by atoms with E-state index >= 15 is 0 Å². The summed E-state index contributed by atoms with van der Waals surface area (Å²) in [6, 6.07) is 3.69. The van der Waals surface area contributed by atoms with E-state index in [1.807, 2.05) is 0 Å². The van der Waals surface area contributed by atoms with Gasteiger partial charge in [0.2, 0.25) is 5.76 Å². The highest BCUT2D eigenvalue weighted by Crippen LogP contribution is 2.20. The summed E-state index contributed by atoms with van der Waals surface area (Å²) >= 11 is 0. The van der Waals surface area contributed by atoms with Gasteiger partial charge < -0.3 is 19.6 Å². The number of esters is 1. The van der Waals surface area contributed by atoms with E-state index in [4.69, 9.17) is 9.52 Å². The molecule has 1 fully saturated rings. The predicted octanol–water partition coefficient (Wildman–Crippen LogP) is 0.679. The van der Waals surface area contributed by atoms with E-state index in [2.05, 4.69) is 10.1 Å². The third kappa shape index (κ3) is 2.43. The van der Waals surface area contributed by atoms with Gasteiger partial charge in [-0.2, -0.15) is 0 Å². The van der Waals surface area contributed by atoms with Crippen LogP contribution in [0, 0.1) is 0 Å². The molecule has 0 aliphatic heterocycles. The van der Waals surface area contributed by atoms with Crippen LogP contribution in [0.2, 0.25) is 0 Å². The van der Waals surface area contributed by atoms with Crippen LogP contribution in [0.3, 0.4) is 0 Å². The molecule has 1 aromatic rings. The Labute approximate surface area is 93.4 Å². The van der Waals surface area contributed by atoms with E-state index in [1.165, 1.54) is 7.11 Å². The van der Waals surface area contributed by atoms with E-state index < -0.39 is 5.97 Å². The number of rotatable bonds is 4. The van der Waals surface area contributed by atoms with Gasteiger partial charge in [0.15, 0.2) is 0 Å². The first-order valence-corrected chi connectivity index (χ1v) is 5.27. The van der Waals surface area contributed by atoms with Gasteiger partial charge in [-0.15, -0.1) is 0 Å². The Morgan fingerprint density at radius 3 is 3.00 bits per heavy atom. The van der Waals surface area contributed by atoms with E-state index in [-0.39, 0.29) is 11.9 Å². The highest BCUT2D eigenvalue weighted by molar-refractivity contribution is 5.86. The lowest BCUT2D eigenvalue weighted by atomic mass is 9.89. The van der Waals surface area contributed by atoms with Gasteiger partial charge in [0, 0.05) is 6.04 Å². The molecule has 88 valence electrons. The normalized spacial score (nSPS) is 23.9. The largest absolute Gasteiger partial charge is 0.463 e. The Kier molecular flexibility index (Phi) is 3.26. The average Bonchev–Trinajstić information content (AvgIpc) is 2.70. The van der Waals surface area contributed by atoms with E-state index in [0.717, 1.165) is 12.8 Å². The lowest BCUT2D eigenvalue weighted by molar-refractivity contribution is 0.0559. The molecule has 0 atom stereocenters. The van der Waals surface area contributed by atoms with Crippen LogP contribution in [-0.2, 0) is 11.3 Å². The first kappa shape index (κ1) is 11.2. The van der Waals surface area contributed by atoms with Gasteiger partial charge in [0.25, 0.3) is 0 Å². The maximum absolute atomic E-state index is 11.1. The molecule has 0 amide bonds. The topological polar surface area (TPSA) is 71.7 Å². The highest BCUT2D eigenvalue weighted by Gasteiger charge is 2.26. The molecule has 0 saturated heterocycles. The number of hydrogen-bond donors (Lipinski definition) is 2. The van der Waals surface area contributed by atoms with Gasteiger partial charge in [-0.1, -0.05) is 0 Å². The summed E-state index contributed by atoms with van der Waals surface area (Å²) in [4.78, 5) is 11.1. The third-order valence-electron chi connectivity index (χ3n) is 2.73. The molecular formula is C11H15NO4. The maximum Gasteiger partial charge on any atom is 0.373 e. The molecule has 0 radical (unpaired) electrons. The number of carbonyl (C=O) groups is 1. The van der Waals surface area contributed by atoms with Crippen molar-refractivity contribution in [3.8, 4) is 0 Å². The fourth-order valence-electron chi connectivity index (χ4n) is 1.68. The summed E-state index contributed by atoms with van der Waals surface area (Å²) in [6.07, 6.45) is 1.40. The zero-order chi connectivity index (χ0) is 11.5. The summed E-state index contributed by atoms with van der Waals surface area (Å²) in [7, 11) is 1.32. The molecule has 0 spiro atoms. The lowest BCUT2D eigenvalue weighted by Gasteiger charge is -2.31. The molecule has 1 heterocycles. The van der Waals surface area contributed by atoms with Crippen molar-refractivity contribution in [2.24, 2.45) is 0 Å². The molecule has 16 heavy (non-hydrogen) atoms. The van der Waals surface area contributed by atoms with Crippen molar-refractivity contribution in [2.75, 3.05) is 7.11 Å². The molecule has 1 aliphatic rings. The van der Waals surface area contributed by atoms with Crippen molar-refractivity contribution in [3.63, 3.8) is 0 Å². The second-order valence-electron chi connectivity index (χ2n) is 3.96. The van der Waals surface area contributed by atoms with Crippen LogP contribution in [0.4, 0.5) is 0 Å². The molecule has 0 unspecified atom stereocenters. The molecule has 1 aliphatic carbocycles. The van der Waals surface area contributed by atoms with Crippen molar-refractivity contribution in [1.82, 2.24) is 5.32 Å². The van der Waals surface area contributed by atoms with Crippen LogP contribution < -0.4 is 5.32 Å². The second-order valence-corrected chi connectivity index (χ2v) is 3.96. The van der Waals surface area contributed by atoms with Crippen molar-refractivity contribution in [1.29, 1.82) is 0 Å². The standard InChI is InChI=1S/C11H15NO4/c1-15-11(14)10-3-2-9(16-10)6-12-7-4-8(13)5-7/h2-3,7-8,12-13H,4-6H2,1H3. The van der Waals surface area contributed by atoms with Crippen LogP contribution in [0.5, 0.6) is 0 Å². The smallest absolute Gasteiger partial charge is 0.373 e. The molecule has 0 bridgehead atoms. The SMILES string of the molecule is COC(=O)c1ccc(CNC2CC(O)C2)o1. The summed E-state index contributed by atoms with van der Waals surface area (Å²) < 4.78 is 9.82. The molecule has 0 aromatic carbocycles. The van der Waals surface area contributed by atoms with Gasteiger partial charge in [-0.3, -0.25) is 0 Å². The Morgan fingerprint density at radius 2 is 2.38 bits per heavy atom. The van der Waals surface area contributed by atoms with Gasteiger partial charge in [0.05, 0.1) is 19.8 Å². The quantitative estimate of drug-likeness (QED) is 0.737. The van der Waals surface area contributed by atoms with Crippen LogP contribution >= 0.6 is 0 Å². The maximum atomic E-state index is 11.1. The third-order valence-corrected chi connectivity index (χ3v) is 2.73. The van der Waals surface area contributed by atoms with Crippen LogP contribution in [0.25, 0.3) is 0 Å². The first-order valence-electron chi connectivity index (χ1n) is 5.27. The number of hydrogen-bond acceptors (Lipinski definition) is 5. The molecule has 2 rings (SSSR count). The summed E-state index contributed by atoms with van der Waals surface area (Å²) in [5, 5.41) is 12.3. The zero-order valence-corrected chi connectivity index (χ0v) is 9.10. The minimum Gasteiger partial charge on any atom is -0.463 e. The van der Waals surface area contributed by atoms with E-state index in [1.54, 1.807) is 12.1 Å². The lowest BCUT2D eigenvalue weighted by Crippen LogP contribution is -2.43. The molecule has 2 N–H and O–H groups in total. The number of furan rings is 1. The molecular weight excluding hydrogens is 210 g/mol. The monoisotopic (exact) mass is 225 g/mol. The van der Waals surface area contributed by atoms with Gasteiger partial charge in [0.1, 0.15) is 5.76 Å². The number of aliphatic hydroxyl groups excluding tert-OH is 1. The Hall–Kier alpha value is -1.33. The Bertz CT molecular complexity index is 368. The molecule has 1 aromatic heterocycles. The van der Waals surface area contributed by atoms with Crippen LogP contribution in [0.1, 0.15) is 29.2 Å². The Balaban J connectivity index is 1.81. The minimum atomic E-state index is -0.467. The van der Waals surface area contributed by atoms with Crippen molar-refractivity contribution >= 4 is 5.97 Å². The second kappa shape index (κ2) is 4.67.